The van der Waals surface area contributed by atoms with Gasteiger partial charge in [0, 0.05) is 22.5 Å². The lowest BCUT2D eigenvalue weighted by molar-refractivity contribution is -0.120. The van der Waals surface area contributed by atoms with Crippen molar-refractivity contribution in [1.29, 1.82) is 0 Å². The first-order valence-corrected chi connectivity index (χ1v) is 9.52. The van der Waals surface area contributed by atoms with Gasteiger partial charge >= 0.3 is 0 Å². The maximum Gasteiger partial charge on any atom is 0.252 e. The minimum Gasteiger partial charge on any atom is -0.354 e. The molecule has 0 heterocycles. The molecule has 24 heavy (non-hydrogen) atoms. The Morgan fingerprint density at radius 3 is 2.42 bits per heavy atom. The van der Waals surface area contributed by atoms with Crippen LogP contribution < -0.4 is 10.6 Å². The van der Waals surface area contributed by atoms with Crippen LogP contribution >= 0.6 is 27.7 Å². The zero-order valence-electron chi connectivity index (χ0n) is 13.1. The van der Waals surface area contributed by atoms with Gasteiger partial charge in [-0.05, 0) is 33.6 Å². The number of nitrogens with one attached hydrogen (secondary N) is 2. The maximum atomic E-state index is 12.0. The number of halogens is 1. The third kappa shape index (κ3) is 6.37. The highest BCUT2D eigenvalue weighted by Crippen LogP contribution is 2.15. The van der Waals surface area contributed by atoms with Crippen LogP contribution in [0.4, 0.5) is 0 Å². The molecule has 6 heteroatoms. The Kier molecular flexibility index (Phi) is 7.85. The van der Waals surface area contributed by atoms with Crippen LogP contribution in [-0.2, 0) is 10.5 Å². The SMILES string of the molecule is O=C(CNC(=O)c1ccccc1Br)NCCSCc1ccccc1. The molecule has 0 atom stereocenters. The van der Waals surface area contributed by atoms with Gasteiger partial charge in [-0.25, -0.2) is 0 Å². The van der Waals surface area contributed by atoms with Crippen molar-refractivity contribution in [2.24, 2.45) is 0 Å². The van der Waals surface area contributed by atoms with Crippen molar-refractivity contribution in [2.75, 3.05) is 18.8 Å². The summed E-state index contributed by atoms with van der Waals surface area (Å²) < 4.78 is 0.709. The number of hydrogen-bond acceptors (Lipinski definition) is 3. The fourth-order valence-corrected chi connectivity index (χ4v) is 3.27. The molecule has 2 N–H and O–H groups in total. The number of hydrogen-bond donors (Lipinski definition) is 2. The molecule has 0 saturated heterocycles. The van der Waals surface area contributed by atoms with Gasteiger partial charge in [-0.2, -0.15) is 11.8 Å². The predicted molar refractivity (Wildman–Crippen MR) is 102 cm³/mol. The Morgan fingerprint density at radius 2 is 1.67 bits per heavy atom. The number of benzene rings is 2. The average molecular weight is 407 g/mol. The van der Waals surface area contributed by atoms with Crippen LogP contribution in [0, 0.1) is 0 Å². The molecule has 2 aromatic carbocycles. The number of carbonyl (C=O) groups excluding carboxylic acids is 2. The summed E-state index contributed by atoms with van der Waals surface area (Å²) in [4.78, 5) is 23.7. The highest BCUT2D eigenvalue weighted by Gasteiger charge is 2.10. The molecule has 0 spiro atoms. The van der Waals surface area contributed by atoms with E-state index in [4.69, 9.17) is 0 Å². The fourth-order valence-electron chi connectivity index (χ4n) is 1.99. The zero-order chi connectivity index (χ0) is 17.2. The molecular formula is C18H19BrN2O2S. The van der Waals surface area contributed by atoms with Crippen molar-refractivity contribution >= 4 is 39.5 Å². The fraction of sp³-hybridized carbons (Fsp3) is 0.222. The average Bonchev–Trinajstić information content (AvgIpc) is 2.60. The zero-order valence-corrected chi connectivity index (χ0v) is 15.5. The molecule has 2 amide bonds. The van der Waals surface area contributed by atoms with Gasteiger partial charge in [0.15, 0.2) is 0 Å². The van der Waals surface area contributed by atoms with E-state index in [1.54, 1.807) is 30.0 Å². The number of rotatable bonds is 8. The van der Waals surface area contributed by atoms with E-state index in [9.17, 15) is 9.59 Å². The van der Waals surface area contributed by atoms with Gasteiger partial charge in [-0.15, -0.1) is 0 Å². The molecule has 0 fully saturated rings. The van der Waals surface area contributed by atoms with Crippen molar-refractivity contribution in [2.45, 2.75) is 5.75 Å². The van der Waals surface area contributed by atoms with Crippen LogP contribution in [0.3, 0.4) is 0 Å². The first kappa shape index (κ1) is 18.5. The van der Waals surface area contributed by atoms with Crippen molar-refractivity contribution in [3.63, 3.8) is 0 Å². The van der Waals surface area contributed by atoms with Gasteiger partial charge in [0.05, 0.1) is 12.1 Å². The molecule has 0 saturated carbocycles. The minimum atomic E-state index is -0.268. The van der Waals surface area contributed by atoms with E-state index in [-0.39, 0.29) is 18.4 Å². The summed E-state index contributed by atoms with van der Waals surface area (Å²) in [6, 6.07) is 17.3. The highest BCUT2D eigenvalue weighted by atomic mass is 79.9. The summed E-state index contributed by atoms with van der Waals surface area (Å²) in [6.45, 7) is 0.560. The molecule has 0 aliphatic heterocycles. The van der Waals surface area contributed by atoms with Gasteiger partial charge in [-0.1, -0.05) is 42.5 Å². The number of thioether (sulfide) groups is 1. The lowest BCUT2D eigenvalue weighted by Gasteiger charge is -2.08. The van der Waals surface area contributed by atoms with Crippen molar-refractivity contribution in [1.82, 2.24) is 10.6 Å². The first-order chi connectivity index (χ1) is 11.7. The van der Waals surface area contributed by atoms with E-state index in [0.29, 0.717) is 16.6 Å². The van der Waals surface area contributed by atoms with Gasteiger partial charge in [0.2, 0.25) is 5.91 Å². The Hall–Kier alpha value is -1.79. The smallest absolute Gasteiger partial charge is 0.252 e. The lowest BCUT2D eigenvalue weighted by Crippen LogP contribution is -2.37. The summed E-state index contributed by atoms with van der Waals surface area (Å²) in [5.74, 6) is 1.31. The van der Waals surface area contributed by atoms with Crippen molar-refractivity contribution < 1.29 is 9.59 Å². The van der Waals surface area contributed by atoms with Crippen molar-refractivity contribution in [3.05, 3.63) is 70.2 Å². The van der Waals surface area contributed by atoms with Crippen LogP contribution in [0.2, 0.25) is 0 Å². The summed E-state index contributed by atoms with van der Waals surface area (Å²) in [5.41, 5.74) is 1.79. The highest BCUT2D eigenvalue weighted by molar-refractivity contribution is 9.10. The number of carbonyl (C=O) groups is 2. The molecular weight excluding hydrogens is 388 g/mol. The Morgan fingerprint density at radius 1 is 0.958 bits per heavy atom. The van der Waals surface area contributed by atoms with Crippen LogP contribution in [0.15, 0.2) is 59.1 Å². The van der Waals surface area contributed by atoms with Gasteiger partial charge in [-0.3, -0.25) is 9.59 Å². The Balaban J connectivity index is 1.60. The lowest BCUT2D eigenvalue weighted by atomic mass is 10.2. The van der Waals surface area contributed by atoms with E-state index in [1.165, 1.54) is 5.56 Å². The molecule has 4 nitrogen and oxygen atoms in total. The molecule has 2 aromatic rings. The monoisotopic (exact) mass is 406 g/mol. The predicted octanol–water partition coefficient (Wildman–Crippen LogP) is 3.23. The Bertz CT molecular complexity index is 680. The standard InChI is InChI=1S/C18H19BrN2O2S/c19-16-9-5-4-8-15(16)18(23)21-12-17(22)20-10-11-24-13-14-6-2-1-3-7-14/h1-9H,10-13H2,(H,20,22)(H,21,23). The molecule has 0 aromatic heterocycles. The second-order valence-electron chi connectivity index (χ2n) is 5.05. The normalized spacial score (nSPS) is 10.2. The second kappa shape index (κ2) is 10.2. The molecule has 126 valence electrons. The first-order valence-electron chi connectivity index (χ1n) is 7.58. The van der Waals surface area contributed by atoms with Crippen LogP contribution in [0.1, 0.15) is 15.9 Å². The van der Waals surface area contributed by atoms with Crippen LogP contribution in [0.5, 0.6) is 0 Å². The topological polar surface area (TPSA) is 58.2 Å². The number of amides is 2. The van der Waals surface area contributed by atoms with E-state index in [1.807, 2.05) is 24.3 Å². The largest absolute Gasteiger partial charge is 0.354 e. The summed E-state index contributed by atoms with van der Waals surface area (Å²) in [5, 5.41) is 5.42. The summed E-state index contributed by atoms with van der Waals surface area (Å²) in [7, 11) is 0. The molecule has 0 unspecified atom stereocenters. The Labute approximate surface area is 154 Å². The van der Waals surface area contributed by atoms with Crippen LogP contribution in [0.25, 0.3) is 0 Å². The maximum absolute atomic E-state index is 12.0. The quantitative estimate of drug-likeness (QED) is 0.661. The molecule has 2 rings (SSSR count). The van der Waals surface area contributed by atoms with Gasteiger partial charge in [0.25, 0.3) is 5.91 Å². The minimum absolute atomic E-state index is 0.0243. The van der Waals surface area contributed by atoms with E-state index >= 15 is 0 Å². The van der Waals surface area contributed by atoms with Gasteiger partial charge < -0.3 is 10.6 Å². The molecule has 0 radical (unpaired) electrons. The van der Waals surface area contributed by atoms with E-state index in [2.05, 4.69) is 38.7 Å². The van der Waals surface area contributed by atoms with Gasteiger partial charge in [0.1, 0.15) is 0 Å². The molecule has 0 aliphatic carbocycles. The third-order valence-corrected chi connectivity index (χ3v) is 4.93. The van der Waals surface area contributed by atoms with E-state index in [0.717, 1.165) is 11.5 Å². The van der Waals surface area contributed by atoms with Crippen LogP contribution in [-0.4, -0.2) is 30.7 Å². The second-order valence-corrected chi connectivity index (χ2v) is 7.01. The summed E-state index contributed by atoms with van der Waals surface area (Å²) >= 11 is 5.08. The van der Waals surface area contributed by atoms with E-state index < -0.39 is 0 Å². The summed E-state index contributed by atoms with van der Waals surface area (Å²) in [6.07, 6.45) is 0. The molecule has 0 aliphatic rings. The molecule has 0 bridgehead atoms. The van der Waals surface area contributed by atoms with Crippen molar-refractivity contribution in [3.8, 4) is 0 Å². The third-order valence-electron chi connectivity index (χ3n) is 3.21.